The van der Waals surface area contributed by atoms with Crippen molar-refractivity contribution in [2.75, 3.05) is 6.54 Å². The molecule has 0 unspecified atom stereocenters. The van der Waals surface area contributed by atoms with Crippen LogP contribution in [0.5, 0.6) is 0 Å². The first-order valence-electron chi connectivity index (χ1n) is 6.39. The molecule has 0 aliphatic carbocycles. The van der Waals surface area contributed by atoms with Gasteiger partial charge in [0.1, 0.15) is 6.04 Å². The summed E-state index contributed by atoms with van der Waals surface area (Å²) in [6.45, 7) is 3.86. The van der Waals surface area contributed by atoms with Crippen molar-refractivity contribution >= 4 is 17.5 Å². The number of nitrogens with one attached hydrogen (secondary N) is 2. The van der Waals surface area contributed by atoms with E-state index in [0.717, 1.165) is 24.6 Å². The van der Waals surface area contributed by atoms with E-state index in [-0.39, 0.29) is 11.5 Å². The molecule has 0 bridgehead atoms. The lowest BCUT2D eigenvalue weighted by molar-refractivity contribution is -0.387. The summed E-state index contributed by atoms with van der Waals surface area (Å²) in [4.78, 5) is 33.2. The molecular formula is C13H16FN3O4. The highest BCUT2D eigenvalue weighted by Crippen LogP contribution is 2.18. The number of nitro groups is 1. The van der Waals surface area contributed by atoms with Gasteiger partial charge in [0.15, 0.2) is 0 Å². The zero-order chi connectivity index (χ0) is 16.0. The number of nitro benzene ring substituents is 1. The summed E-state index contributed by atoms with van der Waals surface area (Å²) >= 11 is 0. The zero-order valence-corrected chi connectivity index (χ0v) is 11.7. The van der Waals surface area contributed by atoms with Crippen LogP contribution in [0.25, 0.3) is 0 Å². The van der Waals surface area contributed by atoms with Crippen LogP contribution >= 0.6 is 0 Å². The van der Waals surface area contributed by atoms with E-state index in [2.05, 4.69) is 10.6 Å². The smallest absolute Gasteiger partial charge is 0.305 e. The quantitative estimate of drug-likeness (QED) is 0.611. The molecule has 0 heterocycles. The summed E-state index contributed by atoms with van der Waals surface area (Å²) in [5, 5.41) is 15.6. The number of hydrogen-bond donors (Lipinski definition) is 2. The van der Waals surface area contributed by atoms with Gasteiger partial charge in [-0.15, -0.1) is 0 Å². The molecule has 1 aromatic carbocycles. The average Bonchev–Trinajstić information content (AvgIpc) is 2.44. The molecule has 0 fully saturated rings. The van der Waals surface area contributed by atoms with Crippen LogP contribution in [0, 0.1) is 15.9 Å². The summed E-state index contributed by atoms with van der Waals surface area (Å²) in [6.07, 6.45) is 0.760. The number of carbonyl (C=O) groups is 2. The molecule has 0 radical (unpaired) electrons. The molecule has 1 rings (SSSR count). The highest BCUT2D eigenvalue weighted by atomic mass is 19.1. The van der Waals surface area contributed by atoms with Gasteiger partial charge in [0.05, 0.1) is 4.92 Å². The van der Waals surface area contributed by atoms with Crippen molar-refractivity contribution in [3.05, 3.63) is 39.7 Å². The van der Waals surface area contributed by atoms with Gasteiger partial charge < -0.3 is 10.6 Å². The number of benzene rings is 1. The van der Waals surface area contributed by atoms with Crippen LogP contribution in [0.1, 0.15) is 30.6 Å². The Morgan fingerprint density at radius 1 is 1.43 bits per heavy atom. The van der Waals surface area contributed by atoms with Gasteiger partial charge in [0.25, 0.3) is 5.91 Å². The highest BCUT2D eigenvalue weighted by Gasteiger charge is 2.20. The van der Waals surface area contributed by atoms with Crippen LogP contribution in [0.2, 0.25) is 0 Å². The van der Waals surface area contributed by atoms with E-state index in [9.17, 15) is 24.1 Å². The predicted molar refractivity (Wildman–Crippen MR) is 73.3 cm³/mol. The molecule has 0 aromatic heterocycles. The lowest BCUT2D eigenvalue weighted by Crippen LogP contribution is -2.45. The van der Waals surface area contributed by atoms with Gasteiger partial charge in [-0.05, 0) is 25.5 Å². The van der Waals surface area contributed by atoms with E-state index in [1.165, 1.54) is 6.92 Å². The number of rotatable bonds is 6. The third-order valence-corrected chi connectivity index (χ3v) is 2.70. The number of halogens is 1. The van der Waals surface area contributed by atoms with Gasteiger partial charge in [-0.2, -0.15) is 4.39 Å². The molecule has 0 saturated heterocycles. The van der Waals surface area contributed by atoms with Crippen molar-refractivity contribution in [1.82, 2.24) is 10.6 Å². The Kier molecular flexibility index (Phi) is 5.77. The Bertz CT molecular complexity index is 562. The average molecular weight is 297 g/mol. The first-order valence-corrected chi connectivity index (χ1v) is 6.39. The summed E-state index contributed by atoms with van der Waals surface area (Å²) in [5.41, 5.74) is -0.871. The van der Waals surface area contributed by atoms with E-state index < -0.39 is 28.4 Å². The van der Waals surface area contributed by atoms with Crippen LogP contribution < -0.4 is 10.6 Å². The number of nitrogens with zero attached hydrogens (tertiary/aromatic N) is 1. The number of carbonyl (C=O) groups excluding carboxylic acids is 2. The van der Waals surface area contributed by atoms with Crippen LogP contribution in [0.3, 0.4) is 0 Å². The van der Waals surface area contributed by atoms with Crippen LogP contribution in [-0.4, -0.2) is 29.3 Å². The number of hydrogen-bond acceptors (Lipinski definition) is 4. The molecule has 2 N–H and O–H groups in total. The Morgan fingerprint density at radius 2 is 2.10 bits per heavy atom. The lowest BCUT2D eigenvalue weighted by atomic mass is 10.1. The standard InChI is InChI=1S/C13H16FN3O4/c1-3-6-15-12(18)8(2)16-13(19)9-4-5-10(14)11(7-9)17(20)21/h4-5,7-8H,3,6H2,1-2H3,(H,15,18)(H,16,19)/t8-/m1/s1. The summed E-state index contributed by atoms with van der Waals surface area (Å²) in [5.74, 6) is -2.07. The van der Waals surface area contributed by atoms with E-state index in [0.29, 0.717) is 6.54 Å². The first-order chi connectivity index (χ1) is 9.86. The lowest BCUT2D eigenvalue weighted by Gasteiger charge is -2.13. The van der Waals surface area contributed by atoms with Gasteiger partial charge in [-0.3, -0.25) is 19.7 Å². The fourth-order valence-electron chi connectivity index (χ4n) is 1.54. The zero-order valence-electron chi connectivity index (χ0n) is 11.7. The van der Waals surface area contributed by atoms with Crippen molar-refractivity contribution in [2.24, 2.45) is 0 Å². The molecule has 8 heteroatoms. The Balaban J connectivity index is 2.78. The van der Waals surface area contributed by atoms with Gasteiger partial charge in [0, 0.05) is 18.2 Å². The Hall–Kier alpha value is -2.51. The normalized spacial score (nSPS) is 11.6. The number of amides is 2. The van der Waals surface area contributed by atoms with E-state index in [1.54, 1.807) is 0 Å². The second-order valence-corrected chi connectivity index (χ2v) is 4.41. The first kappa shape index (κ1) is 16.5. The Morgan fingerprint density at radius 3 is 2.67 bits per heavy atom. The van der Waals surface area contributed by atoms with Gasteiger partial charge >= 0.3 is 5.69 Å². The minimum atomic E-state index is -1.02. The fraction of sp³-hybridized carbons (Fsp3) is 0.385. The van der Waals surface area contributed by atoms with Crippen molar-refractivity contribution in [1.29, 1.82) is 0 Å². The molecule has 7 nitrogen and oxygen atoms in total. The third kappa shape index (κ3) is 4.51. The maximum absolute atomic E-state index is 13.2. The summed E-state index contributed by atoms with van der Waals surface area (Å²) in [6, 6.07) is 2.00. The molecule has 0 saturated carbocycles. The highest BCUT2D eigenvalue weighted by molar-refractivity contribution is 5.97. The van der Waals surface area contributed by atoms with Crippen molar-refractivity contribution in [3.63, 3.8) is 0 Å². The van der Waals surface area contributed by atoms with Crippen molar-refractivity contribution in [2.45, 2.75) is 26.3 Å². The second-order valence-electron chi connectivity index (χ2n) is 4.41. The molecular weight excluding hydrogens is 281 g/mol. The minimum Gasteiger partial charge on any atom is -0.354 e. The Labute approximate surface area is 120 Å². The molecule has 114 valence electrons. The molecule has 21 heavy (non-hydrogen) atoms. The third-order valence-electron chi connectivity index (χ3n) is 2.70. The van der Waals surface area contributed by atoms with E-state index in [4.69, 9.17) is 0 Å². The van der Waals surface area contributed by atoms with Gasteiger partial charge in [0.2, 0.25) is 11.7 Å². The second kappa shape index (κ2) is 7.32. The maximum atomic E-state index is 13.2. The molecule has 0 aliphatic heterocycles. The van der Waals surface area contributed by atoms with Gasteiger partial charge in [-0.25, -0.2) is 0 Å². The fourth-order valence-corrected chi connectivity index (χ4v) is 1.54. The molecule has 0 aliphatic rings. The molecule has 0 spiro atoms. The topological polar surface area (TPSA) is 101 Å². The monoisotopic (exact) mass is 297 g/mol. The predicted octanol–water partition coefficient (Wildman–Crippen LogP) is 1.38. The van der Waals surface area contributed by atoms with Crippen LogP contribution in [0.15, 0.2) is 18.2 Å². The van der Waals surface area contributed by atoms with E-state index in [1.807, 2.05) is 6.92 Å². The minimum absolute atomic E-state index is 0.0850. The van der Waals surface area contributed by atoms with Crippen molar-refractivity contribution < 1.29 is 18.9 Å². The van der Waals surface area contributed by atoms with Crippen molar-refractivity contribution in [3.8, 4) is 0 Å². The SMILES string of the molecule is CCCNC(=O)[C@@H](C)NC(=O)c1ccc(F)c([N+](=O)[O-])c1. The molecule has 2 amide bonds. The van der Waals surface area contributed by atoms with Crippen LogP contribution in [0.4, 0.5) is 10.1 Å². The molecule has 1 aromatic rings. The maximum Gasteiger partial charge on any atom is 0.305 e. The van der Waals surface area contributed by atoms with Crippen LogP contribution in [-0.2, 0) is 4.79 Å². The summed E-state index contributed by atoms with van der Waals surface area (Å²) in [7, 11) is 0. The largest absolute Gasteiger partial charge is 0.354 e. The van der Waals surface area contributed by atoms with E-state index >= 15 is 0 Å². The summed E-state index contributed by atoms with van der Waals surface area (Å²) < 4.78 is 13.2. The molecule has 1 atom stereocenters. The van der Waals surface area contributed by atoms with Gasteiger partial charge in [-0.1, -0.05) is 6.92 Å².